The summed E-state index contributed by atoms with van der Waals surface area (Å²) >= 11 is 51.8. The summed E-state index contributed by atoms with van der Waals surface area (Å²) in [5.41, 5.74) is 23.5. The standard InChI is InChI=1S/C22H17ClN6.C18H19BClN3O2.2C12H7BrClN3.C10H12ClNSi.C7H4ClN.C5H3BrClN/c1-2-29-21(10-19(28-29)14-4-3-6-24-11-14)16-8-15-9-20(27-22(15)26-12-16)17-13-25-7-5-18(17)23;1-17(2)18(3,4)25-19(24-17)12-7-11-8-15(23-16(11)22-9-12)13-10-21-6-5-14(13)20;13-8-3-7-4-11(17-12(7)16-5-8)9-6-15-2-1-10(9)14;13-10-5-8(12(15)17-7-10)1-2-9-6-16-4-3-11(9)14;1-13(2,3)7-5-9-8-12-6-4-10(9)11;1-2-6-5-9-4-3-7(6)8;6-4-3-8-2-1-5(4)7/h3-13H,2H2,1H3,(H,26,27);5-10H,1-4H3,(H,22,23);1-6H,(H,16,17);3-7H,(H2,15,17);4,6,8H,1-3H3;1,3-5H;1-3H. The van der Waals surface area contributed by atoms with Gasteiger partial charge in [0.15, 0.2) is 0 Å². The Morgan fingerprint density at radius 1 is 0.458 bits per heavy atom. The normalized spacial score (nSPS) is 12.1. The highest BCUT2D eigenvalue weighted by Gasteiger charge is 2.52. The van der Waals surface area contributed by atoms with E-state index < -0.39 is 15.2 Å². The van der Waals surface area contributed by atoms with Crippen LogP contribution in [0.4, 0.5) is 5.82 Å². The number of anilines is 1. The molecule has 0 spiro atoms. The molecule has 5 N–H and O–H groups in total. The first kappa shape index (κ1) is 88.6. The van der Waals surface area contributed by atoms with Gasteiger partial charge in [-0.25, -0.2) is 19.9 Å². The third-order valence-corrected chi connectivity index (χ3v) is 22.3. The molecule has 1 aliphatic rings. The fourth-order valence-electron chi connectivity index (χ4n) is 10.7. The van der Waals surface area contributed by atoms with E-state index >= 15 is 0 Å². The van der Waals surface area contributed by atoms with Crippen LogP contribution in [-0.2, 0) is 15.9 Å². The van der Waals surface area contributed by atoms with E-state index in [-0.39, 0.29) is 11.2 Å². The number of rotatable bonds is 7. The molecule has 17 heterocycles. The maximum absolute atomic E-state index is 6.32. The second kappa shape index (κ2) is 41.0. The van der Waals surface area contributed by atoms with Gasteiger partial charge < -0.3 is 30.0 Å². The Morgan fingerprint density at radius 2 is 0.890 bits per heavy atom. The molecule has 0 amide bonds. The van der Waals surface area contributed by atoms with Crippen molar-refractivity contribution < 1.29 is 9.31 Å². The number of aromatic nitrogens is 17. The van der Waals surface area contributed by atoms with Crippen LogP contribution in [0.5, 0.6) is 0 Å². The summed E-state index contributed by atoms with van der Waals surface area (Å²) in [5, 5.41) is 12.2. The number of halogens is 10. The van der Waals surface area contributed by atoms with Crippen LogP contribution >= 0.6 is 129 Å². The van der Waals surface area contributed by atoms with Crippen LogP contribution in [0, 0.1) is 35.6 Å². The second-order valence-corrected chi connectivity index (χ2v) is 37.8. The summed E-state index contributed by atoms with van der Waals surface area (Å²) in [6, 6.07) is 32.2. The SMILES string of the molecule is C#Cc1cnccc1Cl.CC1(C)OB(c2cnc3[nH]c(-c4cnccc4Cl)cc3c2)OC1(C)C.CCn1nc(-c2cccnc2)cc1-c1cnc2[nH]c(-c3cnccc3Cl)cc2c1.C[Si](C)(C)C#Cc1cnccc1Cl.Clc1ccncc1-c1cc2cc(Br)cnc2[nH]1.Clc1ccncc1Br.Nc1ncc(Br)cc1C#Cc1cnccc1Cl. The van der Waals surface area contributed by atoms with Crippen LogP contribution in [0.1, 0.15) is 56.9 Å². The van der Waals surface area contributed by atoms with Gasteiger partial charge in [0.2, 0.25) is 0 Å². The maximum Gasteiger partial charge on any atom is 0.496 e. The molecule has 0 atom stereocenters. The van der Waals surface area contributed by atoms with Crippen molar-refractivity contribution >= 4 is 189 Å². The zero-order chi connectivity index (χ0) is 84.3. The molecule has 17 rings (SSSR count). The number of terminal acetylenes is 1. The summed E-state index contributed by atoms with van der Waals surface area (Å²) in [4.78, 5) is 59.4. The topological polar surface area (TPSA) is 264 Å². The van der Waals surface area contributed by atoms with Gasteiger partial charge in [-0.3, -0.25) is 44.6 Å². The van der Waals surface area contributed by atoms with Crippen molar-refractivity contribution in [3.63, 3.8) is 0 Å². The predicted molar refractivity (Wildman–Crippen MR) is 492 cm³/mol. The highest BCUT2D eigenvalue weighted by atomic mass is 79.9. The molecule has 0 saturated carbocycles. The van der Waals surface area contributed by atoms with E-state index in [1.807, 2.05) is 87.2 Å². The number of aryl methyl sites for hydroxylation is 1. The number of nitrogens with two attached hydrogens (primary N) is 1. The van der Waals surface area contributed by atoms with E-state index in [1.165, 1.54) is 0 Å². The highest BCUT2D eigenvalue weighted by molar-refractivity contribution is 9.11. The molecular formula is C86H69BBr3Cl7N18O2Si. The van der Waals surface area contributed by atoms with Gasteiger partial charge in [-0.1, -0.05) is 125 Å². The van der Waals surface area contributed by atoms with Gasteiger partial charge >= 0.3 is 7.12 Å². The molecule has 118 heavy (non-hydrogen) atoms. The van der Waals surface area contributed by atoms with Crippen LogP contribution in [0.15, 0.2) is 240 Å². The summed E-state index contributed by atoms with van der Waals surface area (Å²) in [6.45, 7) is 17.6. The van der Waals surface area contributed by atoms with Crippen LogP contribution in [0.2, 0.25) is 54.8 Å². The first-order chi connectivity index (χ1) is 56.5. The Balaban J connectivity index is 0.000000141. The first-order valence-electron chi connectivity index (χ1n) is 35.8. The molecule has 0 unspecified atom stereocenters. The smallest absolute Gasteiger partial charge is 0.399 e. The summed E-state index contributed by atoms with van der Waals surface area (Å²) in [6.07, 6.45) is 39.0. The molecule has 16 aromatic heterocycles. The van der Waals surface area contributed by atoms with Crippen molar-refractivity contribution in [1.29, 1.82) is 0 Å². The molecule has 16 aromatic rings. The van der Waals surface area contributed by atoms with E-state index in [1.54, 1.807) is 160 Å². The van der Waals surface area contributed by atoms with Gasteiger partial charge in [0.05, 0.1) is 102 Å². The lowest BCUT2D eigenvalue weighted by molar-refractivity contribution is 0.00578. The Bertz CT molecular complexity index is 6360. The quantitative estimate of drug-likeness (QED) is 0.0853. The average molecular weight is 1910 g/mol. The fraction of sp³-hybridized carbons (Fsp3) is 0.128. The van der Waals surface area contributed by atoms with Crippen molar-refractivity contribution in [1.82, 2.24) is 84.5 Å². The van der Waals surface area contributed by atoms with E-state index in [0.717, 1.165) is 120 Å². The van der Waals surface area contributed by atoms with Crippen LogP contribution < -0.4 is 11.2 Å². The number of hydrogen-bond acceptors (Lipinski definition) is 16. The zero-order valence-electron chi connectivity index (χ0n) is 64.2. The predicted octanol–water partition coefficient (Wildman–Crippen LogP) is 22.9. The lowest BCUT2D eigenvalue weighted by atomic mass is 9.80. The highest BCUT2D eigenvalue weighted by Crippen LogP contribution is 2.38. The number of aromatic amines is 3. The third-order valence-electron chi connectivity index (χ3n) is 17.4. The molecule has 592 valence electrons. The van der Waals surface area contributed by atoms with E-state index in [4.69, 9.17) is 108 Å². The number of H-pyrrole nitrogens is 3. The zero-order valence-corrected chi connectivity index (χ0v) is 75.2. The molecule has 0 radical (unpaired) electrons. The summed E-state index contributed by atoms with van der Waals surface area (Å²) < 4.78 is 16.8. The van der Waals surface area contributed by atoms with Gasteiger partial charge in [-0.15, -0.1) is 12.0 Å². The number of nitrogens with zero attached hydrogens (tertiary/aromatic N) is 14. The summed E-state index contributed by atoms with van der Waals surface area (Å²) in [7, 11) is -1.74. The van der Waals surface area contributed by atoms with Crippen molar-refractivity contribution in [3.8, 4) is 91.9 Å². The van der Waals surface area contributed by atoms with Gasteiger partial charge in [0, 0.05) is 189 Å². The minimum Gasteiger partial charge on any atom is -0.399 e. The van der Waals surface area contributed by atoms with Crippen molar-refractivity contribution in [2.75, 3.05) is 5.73 Å². The number of hydrogen-bond donors (Lipinski definition) is 4. The largest absolute Gasteiger partial charge is 0.496 e. The van der Waals surface area contributed by atoms with Gasteiger partial charge in [0.1, 0.15) is 30.8 Å². The Kier molecular flexibility index (Phi) is 30.8. The molecule has 1 fully saturated rings. The number of fused-ring (bicyclic) bond motifs is 3. The minimum atomic E-state index is -1.31. The molecule has 0 aromatic carbocycles. The lowest BCUT2D eigenvalue weighted by Gasteiger charge is -2.32. The maximum atomic E-state index is 6.32. The molecule has 1 saturated heterocycles. The van der Waals surface area contributed by atoms with Gasteiger partial charge in [-0.2, -0.15) is 5.10 Å². The van der Waals surface area contributed by atoms with Crippen LogP contribution in [-0.4, -0.2) is 111 Å². The van der Waals surface area contributed by atoms with Crippen LogP contribution in [0.3, 0.4) is 0 Å². The van der Waals surface area contributed by atoms with E-state index in [0.29, 0.717) is 57.7 Å². The van der Waals surface area contributed by atoms with Crippen molar-refractivity contribution in [3.05, 3.63) is 298 Å². The Morgan fingerprint density at radius 3 is 1.35 bits per heavy atom. The van der Waals surface area contributed by atoms with Gasteiger partial charge in [-0.05, 0) is 186 Å². The minimum absolute atomic E-state index is 0.376. The number of nitrogens with one attached hydrogen (secondary N) is 3. The molecule has 0 aliphatic carbocycles. The number of nitrogen functional groups attached to an aromatic ring is 1. The first-order valence-corrected chi connectivity index (χ1v) is 44.3. The molecular weight excluding hydrogens is 1840 g/mol. The molecule has 0 bridgehead atoms. The van der Waals surface area contributed by atoms with Gasteiger partial charge in [0.25, 0.3) is 0 Å². The van der Waals surface area contributed by atoms with E-state index in [2.05, 4.69) is 190 Å². The molecule has 20 nitrogen and oxygen atoms in total. The monoisotopic (exact) mass is 1910 g/mol. The Labute approximate surface area is 743 Å². The average Bonchev–Trinajstić information content (AvgIpc) is 1.61. The Hall–Kier alpha value is -10.2. The number of pyridine rings is 12. The third kappa shape index (κ3) is 23.8. The van der Waals surface area contributed by atoms with E-state index in [9.17, 15) is 0 Å². The van der Waals surface area contributed by atoms with Crippen molar-refractivity contribution in [2.45, 2.75) is 72.0 Å². The van der Waals surface area contributed by atoms with Crippen molar-refractivity contribution in [2.24, 2.45) is 0 Å². The van der Waals surface area contributed by atoms with Crippen LogP contribution in [0.25, 0.3) is 89.4 Å². The summed E-state index contributed by atoms with van der Waals surface area (Å²) in [5.74, 6) is 11.7. The fourth-order valence-corrected chi connectivity index (χ4v) is 13.3. The molecule has 1 aliphatic heterocycles. The molecule has 32 heteroatoms. The lowest BCUT2D eigenvalue weighted by Crippen LogP contribution is -2.41. The second-order valence-electron chi connectivity index (χ2n) is 27.5.